The summed E-state index contributed by atoms with van der Waals surface area (Å²) in [6.07, 6.45) is 0. The molecule has 146 valence electrons. The zero-order valence-electron chi connectivity index (χ0n) is 15.4. The Hall–Kier alpha value is -3.13. The maximum absolute atomic E-state index is 13.1. The van der Waals surface area contributed by atoms with Crippen LogP contribution in [0.3, 0.4) is 0 Å². The third-order valence-corrected chi connectivity index (χ3v) is 4.66. The Kier molecular flexibility index (Phi) is 5.79. The van der Waals surface area contributed by atoms with E-state index in [4.69, 9.17) is 21.7 Å². The van der Waals surface area contributed by atoms with Gasteiger partial charge in [-0.1, -0.05) is 6.58 Å². The lowest BCUT2D eigenvalue weighted by Crippen LogP contribution is -2.51. The zero-order chi connectivity index (χ0) is 20.3. The summed E-state index contributed by atoms with van der Waals surface area (Å²) in [5, 5.41) is 9.17. The van der Waals surface area contributed by atoms with E-state index in [9.17, 15) is 9.18 Å². The van der Waals surface area contributed by atoms with Crippen LogP contribution in [0.5, 0.6) is 11.5 Å². The lowest BCUT2D eigenvalue weighted by atomic mass is 9.87. The van der Waals surface area contributed by atoms with Crippen molar-refractivity contribution in [3.63, 3.8) is 0 Å². The van der Waals surface area contributed by atoms with E-state index in [0.29, 0.717) is 28.0 Å². The standard InChI is InChI=1S/C20H20FN3O3S/c1-11-17(19(25)23-13-6-4-12(21)5-7-13)18(24-20(28)22-11)15-9-8-14(26-2)10-16(15)27-3/h4-10,17-18H,1H2,2-3H3,(H,23,25)(H2,22,24,28)/t17-,18+/m1/s1. The van der Waals surface area contributed by atoms with Gasteiger partial charge in [-0.25, -0.2) is 4.39 Å². The summed E-state index contributed by atoms with van der Waals surface area (Å²) < 4.78 is 23.8. The van der Waals surface area contributed by atoms with Crippen molar-refractivity contribution in [2.45, 2.75) is 6.04 Å². The molecule has 0 spiro atoms. The molecule has 0 aromatic heterocycles. The largest absolute Gasteiger partial charge is 0.497 e. The Morgan fingerprint density at radius 1 is 1.18 bits per heavy atom. The molecular formula is C20H20FN3O3S. The first-order valence-corrected chi connectivity index (χ1v) is 8.88. The highest BCUT2D eigenvalue weighted by Crippen LogP contribution is 2.37. The molecule has 1 fully saturated rings. The predicted molar refractivity (Wildman–Crippen MR) is 109 cm³/mol. The van der Waals surface area contributed by atoms with Crippen molar-refractivity contribution in [1.29, 1.82) is 0 Å². The molecule has 0 aliphatic carbocycles. The molecule has 2 aromatic rings. The second kappa shape index (κ2) is 8.26. The number of nitrogens with one attached hydrogen (secondary N) is 3. The van der Waals surface area contributed by atoms with Crippen LogP contribution in [0.4, 0.5) is 10.1 Å². The molecule has 3 N–H and O–H groups in total. The van der Waals surface area contributed by atoms with Gasteiger partial charge in [0.1, 0.15) is 23.2 Å². The Morgan fingerprint density at radius 2 is 1.89 bits per heavy atom. The molecule has 3 rings (SSSR count). The van der Waals surface area contributed by atoms with Crippen molar-refractivity contribution in [2.24, 2.45) is 5.92 Å². The molecule has 1 aliphatic rings. The Balaban J connectivity index is 1.94. The molecular weight excluding hydrogens is 381 g/mol. The number of thiocarbonyl (C=S) groups is 1. The summed E-state index contributed by atoms with van der Waals surface area (Å²) in [5.41, 5.74) is 1.66. The molecule has 1 saturated heterocycles. The molecule has 1 aliphatic heterocycles. The van der Waals surface area contributed by atoms with Crippen molar-refractivity contribution < 1.29 is 18.7 Å². The summed E-state index contributed by atoms with van der Waals surface area (Å²) in [6, 6.07) is 10.4. The Bertz CT molecular complexity index is 917. The van der Waals surface area contributed by atoms with E-state index < -0.39 is 12.0 Å². The number of anilines is 1. The molecule has 0 bridgehead atoms. The maximum atomic E-state index is 13.1. The van der Waals surface area contributed by atoms with Gasteiger partial charge in [-0.15, -0.1) is 0 Å². The van der Waals surface area contributed by atoms with E-state index in [1.54, 1.807) is 26.4 Å². The predicted octanol–water partition coefficient (Wildman–Crippen LogP) is 3.13. The van der Waals surface area contributed by atoms with Gasteiger partial charge in [-0.2, -0.15) is 0 Å². The topological polar surface area (TPSA) is 71.6 Å². The van der Waals surface area contributed by atoms with Crippen molar-refractivity contribution >= 4 is 28.9 Å². The number of carbonyl (C=O) groups excluding carboxylic acids is 1. The Labute approximate surface area is 167 Å². The third kappa shape index (κ3) is 4.07. The van der Waals surface area contributed by atoms with E-state index in [1.807, 2.05) is 6.07 Å². The van der Waals surface area contributed by atoms with Crippen LogP contribution in [0.2, 0.25) is 0 Å². The van der Waals surface area contributed by atoms with Gasteiger partial charge < -0.3 is 25.4 Å². The molecule has 8 heteroatoms. The summed E-state index contributed by atoms with van der Waals surface area (Å²) in [5.74, 6) is -0.215. The minimum atomic E-state index is -0.695. The van der Waals surface area contributed by atoms with Crippen molar-refractivity contribution in [3.8, 4) is 11.5 Å². The van der Waals surface area contributed by atoms with Crippen LogP contribution < -0.4 is 25.4 Å². The van der Waals surface area contributed by atoms with Gasteiger partial charge in [0, 0.05) is 23.0 Å². The average molecular weight is 401 g/mol. The number of ether oxygens (including phenoxy) is 2. The molecule has 1 amide bonds. The van der Waals surface area contributed by atoms with E-state index in [0.717, 1.165) is 5.56 Å². The summed E-state index contributed by atoms with van der Waals surface area (Å²) in [6.45, 7) is 3.96. The first-order chi connectivity index (χ1) is 13.4. The SMILES string of the molecule is C=C1NC(=S)N[C@@H](c2ccc(OC)cc2OC)[C@@H]1C(=O)Nc1ccc(F)cc1. The molecule has 6 nitrogen and oxygen atoms in total. The van der Waals surface area contributed by atoms with Crippen LogP contribution in [0.25, 0.3) is 0 Å². The van der Waals surface area contributed by atoms with Crippen LogP contribution in [-0.4, -0.2) is 25.2 Å². The lowest BCUT2D eigenvalue weighted by Gasteiger charge is -2.36. The smallest absolute Gasteiger partial charge is 0.235 e. The van der Waals surface area contributed by atoms with E-state index in [1.165, 1.54) is 24.3 Å². The molecule has 0 saturated carbocycles. The number of hydrogen-bond donors (Lipinski definition) is 3. The quantitative estimate of drug-likeness (QED) is 0.669. The van der Waals surface area contributed by atoms with Crippen LogP contribution in [0, 0.1) is 11.7 Å². The van der Waals surface area contributed by atoms with Crippen LogP contribution >= 0.6 is 12.2 Å². The number of rotatable bonds is 5. The fourth-order valence-corrected chi connectivity index (χ4v) is 3.34. The first kappa shape index (κ1) is 19.6. The number of halogens is 1. The molecule has 2 atom stereocenters. The first-order valence-electron chi connectivity index (χ1n) is 8.47. The molecule has 2 aromatic carbocycles. The van der Waals surface area contributed by atoms with E-state index in [-0.39, 0.29) is 11.7 Å². The molecule has 1 heterocycles. The second-order valence-corrected chi connectivity index (χ2v) is 6.59. The van der Waals surface area contributed by atoms with Crippen molar-refractivity contribution in [3.05, 3.63) is 66.1 Å². The Morgan fingerprint density at radius 3 is 2.54 bits per heavy atom. The highest BCUT2D eigenvalue weighted by molar-refractivity contribution is 7.80. The van der Waals surface area contributed by atoms with Crippen LogP contribution in [0.15, 0.2) is 54.7 Å². The van der Waals surface area contributed by atoms with Gasteiger partial charge in [0.25, 0.3) is 0 Å². The van der Waals surface area contributed by atoms with E-state index in [2.05, 4.69) is 22.5 Å². The molecule has 28 heavy (non-hydrogen) atoms. The maximum Gasteiger partial charge on any atom is 0.235 e. The fraction of sp³-hybridized carbons (Fsp3) is 0.200. The minimum Gasteiger partial charge on any atom is -0.497 e. The highest BCUT2D eigenvalue weighted by atomic mass is 32.1. The van der Waals surface area contributed by atoms with Gasteiger partial charge in [-0.3, -0.25) is 4.79 Å². The van der Waals surface area contributed by atoms with Crippen LogP contribution in [-0.2, 0) is 4.79 Å². The number of hydrogen-bond acceptors (Lipinski definition) is 4. The zero-order valence-corrected chi connectivity index (χ0v) is 16.2. The van der Waals surface area contributed by atoms with Gasteiger partial charge in [0.15, 0.2) is 5.11 Å². The molecule has 0 radical (unpaired) electrons. The van der Waals surface area contributed by atoms with Gasteiger partial charge in [-0.05, 0) is 48.6 Å². The van der Waals surface area contributed by atoms with Crippen LogP contribution in [0.1, 0.15) is 11.6 Å². The third-order valence-electron chi connectivity index (χ3n) is 4.44. The number of benzene rings is 2. The number of carbonyl (C=O) groups is 1. The number of amides is 1. The summed E-state index contributed by atoms with van der Waals surface area (Å²) in [7, 11) is 3.10. The summed E-state index contributed by atoms with van der Waals surface area (Å²) in [4.78, 5) is 13.0. The minimum absolute atomic E-state index is 0.318. The van der Waals surface area contributed by atoms with Crippen molar-refractivity contribution in [2.75, 3.05) is 19.5 Å². The lowest BCUT2D eigenvalue weighted by molar-refractivity contribution is -0.119. The van der Waals surface area contributed by atoms with Gasteiger partial charge in [0.05, 0.1) is 20.3 Å². The normalized spacial score (nSPS) is 18.7. The monoisotopic (exact) mass is 401 g/mol. The fourth-order valence-electron chi connectivity index (χ4n) is 3.08. The second-order valence-electron chi connectivity index (χ2n) is 6.18. The van der Waals surface area contributed by atoms with Gasteiger partial charge >= 0.3 is 0 Å². The summed E-state index contributed by atoms with van der Waals surface area (Å²) >= 11 is 5.25. The van der Waals surface area contributed by atoms with E-state index >= 15 is 0 Å². The number of methoxy groups -OCH3 is 2. The average Bonchev–Trinajstić information content (AvgIpc) is 2.68. The van der Waals surface area contributed by atoms with Crippen molar-refractivity contribution in [1.82, 2.24) is 10.6 Å². The van der Waals surface area contributed by atoms with Gasteiger partial charge in [0.2, 0.25) is 5.91 Å². The highest BCUT2D eigenvalue weighted by Gasteiger charge is 2.38. The molecule has 0 unspecified atom stereocenters.